The molecule has 1 fully saturated rings. The van der Waals surface area contributed by atoms with Gasteiger partial charge in [0.15, 0.2) is 5.65 Å². The van der Waals surface area contributed by atoms with Gasteiger partial charge in [-0.15, -0.1) is 0 Å². The first-order chi connectivity index (χ1) is 12.6. The molecule has 3 aromatic rings. The molecule has 6 nitrogen and oxygen atoms in total. The van der Waals surface area contributed by atoms with E-state index in [4.69, 9.17) is 4.74 Å². The molecule has 1 aromatic carbocycles. The van der Waals surface area contributed by atoms with Gasteiger partial charge in [-0.05, 0) is 19.3 Å². The second-order valence-corrected chi connectivity index (χ2v) is 6.51. The molecule has 0 amide bonds. The molecule has 0 saturated heterocycles. The molecule has 0 unspecified atom stereocenters. The van der Waals surface area contributed by atoms with Crippen LogP contribution in [0.5, 0.6) is 0 Å². The Morgan fingerprint density at radius 3 is 2.88 bits per heavy atom. The Morgan fingerprint density at radius 2 is 2.04 bits per heavy atom. The zero-order valence-corrected chi connectivity index (χ0v) is 14.0. The third kappa shape index (κ3) is 3.50. The summed E-state index contributed by atoms with van der Waals surface area (Å²) in [6, 6.07) is 7.91. The van der Waals surface area contributed by atoms with Crippen molar-refractivity contribution in [3.05, 3.63) is 48.4 Å². The van der Waals surface area contributed by atoms with Crippen LogP contribution < -0.4 is 5.32 Å². The second kappa shape index (κ2) is 6.95. The van der Waals surface area contributed by atoms with Gasteiger partial charge >= 0.3 is 0 Å². The third-order valence-electron chi connectivity index (χ3n) is 4.67. The summed E-state index contributed by atoms with van der Waals surface area (Å²) >= 11 is 0. The van der Waals surface area contributed by atoms with Gasteiger partial charge in [0.1, 0.15) is 18.8 Å². The Balaban J connectivity index is 1.33. The van der Waals surface area contributed by atoms with Gasteiger partial charge in [-0.3, -0.25) is 5.10 Å². The number of ether oxygens (including phenoxy) is 1. The van der Waals surface area contributed by atoms with Crippen molar-refractivity contribution in [2.45, 2.75) is 37.3 Å². The molecular weight excluding hydrogens is 340 g/mol. The molecule has 136 valence electrons. The highest BCUT2D eigenvalue weighted by Crippen LogP contribution is 2.32. The predicted molar refractivity (Wildman–Crippen MR) is 93.0 cm³/mol. The van der Waals surface area contributed by atoms with Crippen LogP contribution in [0.25, 0.3) is 11.0 Å². The van der Waals surface area contributed by atoms with Gasteiger partial charge in [0.05, 0.1) is 17.7 Å². The van der Waals surface area contributed by atoms with E-state index in [1.54, 1.807) is 24.4 Å². The Labute approximate surface area is 149 Å². The van der Waals surface area contributed by atoms with Gasteiger partial charge < -0.3 is 10.1 Å². The molecule has 26 heavy (non-hydrogen) atoms. The maximum atomic E-state index is 14.2. The van der Waals surface area contributed by atoms with Crippen molar-refractivity contribution < 1.29 is 13.5 Å². The van der Waals surface area contributed by atoms with Crippen molar-refractivity contribution in [2.24, 2.45) is 0 Å². The molecule has 0 aliphatic heterocycles. The number of rotatable bonds is 6. The number of fused-ring (bicyclic) bond motifs is 1. The minimum Gasteiger partial charge on any atom is -0.371 e. The van der Waals surface area contributed by atoms with Gasteiger partial charge in [0.25, 0.3) is 5.92 Å². The molecule has 2 heterocycles. The van der Waals surface area contributed by atoms with Crippen LogP contribution in [0.3, 0.4) is 0 Å². The van der Waals surface area contributed by atoms with Crippen LogP contribution in [0.15, 0.2) is 42.9 Å². The van der Waals surface area contributed by atoms with Crippen molar-refractivity contribution in [2.75, 3.05) is 11.9 Å². The molecular formula is C18H19F2N5O. The molecule has 0 radical (unpaired) electrons. The SMILES string of the molecule is FC(F)(CO[C@@H]1CC[C@H](Nc2ncnc3[nH]ncc23)C1)c1ccccc1. The fraction of sp³-hybridized carbons (Fsp3) is 0.389. The zero-order valence-electron chi connectivity index (χ0n) is 14.0. The van der Waals surface area contributed by atoms with Crippen LogP contribution in [0.4, 0.5) is 14.6 Å². The Morgan fingerprint density at radius 1 is 1.19 bits per heavy atom. The maximum Gasteiger partial charge on any atom is 0.296 e. The van der Waals surface area contributed by atoms with E-state index in [2.05, 4.69) is 25.5 Å². The second-order valence-electron chi connectivity index (χ2n) is 6.51. The summed E-state index contributed by atoms with van der Waals surface area (Å²) in [5.41, 5.74) is 0.645. The van der Waals surface area contributed by atoms with Crippen molar-refractivity contribution in [3.63, 3.8) is 0 Å². The van der Waals surface area contributed by atoms with E-state index >= 15 is 0 Å². The number of anilines is 1. The quantitative estimate of drug-likeness (QED) is 0.705. The lowest BCUT2D eigenvalue weighted by Gasteiger charge is -2.20. The van der Waals surface area contributed by atoms with E-state index in [0.717, 1.165) is 18.2 Å². The number of H-pyrrole nitrogens is 1. The first-order valence-corrected chi connectivity index (χ1v) is 8.57. The van der Waals surface area contributed by atoms with Crippen LogP contribution >= 0.6 is 0 Å². The van der Waals surface area contributed by atoms with E-state index in [1.807, 2.05) is 0 Å². The van der Waals surface area contributed by atoms with Gasteiger partial charge in [0.2, 0.25) is 0 Å². The molecule has 2 aromatic heterocycles. The molecule has 2 atom stereocenters. The zero-order chi connectivity index (χ0) is 18.0. The van der Waals surface area contributed by atoms with E-state index in [-0.39, 0.29) is 17.7 Å². The minimum atomic E-state index is -2.98. The average Bonchev–Trinajstić information content (AvgIpc) is 3.31. The third-order valence-corrected chi connectivity index (χ3v) is 4.67. The molecule has 0 bridgehead atoms. The number of aromatic nitrogens is 4. The highest BCUT2D eigenvalue weighted by Gasteiger charge is 2.34. The molecule has 1 aliphatic carbocycles. The lowest BCUT2D eigenvalue weighted by atomic mass is 10.1. The number of nitrogens with one attached hydrogen (secondary N) is 2. The summed E-state index contributed by atoms with van der Waals surface area (Å²) in [4.78, 5) is 8.35. The highest BCUT2D eigenvalue weighted by atomic mass is 19.3. The molecule has 2 N–H and O–H groups in total. The summed E-state index contributed by atoms with van der Waals surface area (Å²) < 4.78 is 34.0. The number of nitrogens with zero attached hydrogens (tertiary/aromatic N) is 3. The van der Waals surface area contributed by atoms with E-state index in [1.165, 1.54) is 18.5 Å². The van der Waals surface area contributed by atoms with Gasteiger partial charge in [-0.2, -0.15) is 13.9 Å². The first-order valence-electron chi connectivity index (χ1n) is 8.57. The van der Waals surface area contributed by atoms with Crippen LogP contribution in [0.1, 0.15) is 24.8 Å². The molecule has 4 rings (SSSR count). The molecule has 8 heteroatoms. The number of aromatic amines is 1. The number of alkyl halides is 2. The lowest BCUT2D eigenvalue weighted by Crippen LogP contribution is -2.25. The van der Waals surface area contributed by atoms with Crippen LogP contribution in [0.2, 0.25) is 0 Å². The standard InChI is InChI=1S/C18H19F2N5O/c19-18(20,12-4-2-1-3-5-12)10-26-14-7-6-13(8-14)24-16-15-9-23-25-17(15)22-11-21-16/h1-5,9,11,13-14H,6-8,10H2,(H2,21,22,23,24,25)/t13-,14+/m0/s1. The van der Waals surface area contributed by atoms with E-state index in [9.17, 15) is 8.78 Å². The maximum absolute atomic E-state index is 14.2. The summed E-state index contributed by atoms with van der Waals surface area (Å²) in [5.74, 6) is -2.29. The number of benzene rings is 1. The Bertz CT molecular complexity index is 870. The van der Waals surface area contributed by atoms with Crippen molar-refractivity contribution in [3.8, 4) is 0 Å². The molecule has 0 spiro atoms. The highest BCUT2D eigenvalue weighted by molar-refractivity contribution is 5.85. The average molecular weight is 359 g/mol. The van der Waals surface area contributed by atoms with E-state index < -0.39 is 12.5 Å². The summed E-state index contributed by atoms with van der Waals surface area (Å²) in [6.07, 6.45) is 5.18. The first kappa shape index (κ1) is 16.8. The van der Waals surface area contributed by atoms with Crippen molar-refractivity contribution in [1.82, 2.24) is 20.2 Å². The number of hydrogen-bond acceptors (Lipinski definition) is 5. The van der Waals surface area contributed by atoms with Gasteiger partial charge in [-0.1, -0.05) is 30.3 Å². The van der Waals surface area contributed by atoms with Crippen LogP contribution in [-0.4, -0.2) is 38.9 Å². The monoisotopic (exact) mass is 359 g/mol. The topological polar surface area (TPSA) is 75.7 Å². The Hall–Kier alpha value is -2.61. The van der Waals surface area contributed by atoms with Crippen molar-refractivity contribution in [1.29, 1.82) is 0 Å². The normalized spacial score (nSPS) is 20.5. The summed E-state index contributed by atoms with van der Waals surface area (Å²) in [7, 11) is 0. The fourth-order valence-corrected chi connectivity index (χ4v) is 3.28. The predicted octanol–water partition coefficient (Wildman–Crippen LogP) is 3.49. The Kier molecular flexibility index (Phi) is 4.50. The fourth-order valence-electron chi connectivity index (χ4n) is 3.28. The minimum absolute atomic E-state index is 0.0176. The smallest absolute Gasteiger partial charge is 0.296 e. The number of halogens is 2. The molecule has 1 saturated carbocycles. The molecule has 1 aliphatic rings. The van der Waals surface area contributed by atoms with Crippen LogP contribution in [0, 0.1) is 0 Å². The largest absolute Gasteiger partial charge is 0.371 e. The summed E-state index contributed by atoms with van der Waals surface area (Å²) in [5, 5.41) is 10.9. The van der Waals surface area contributed by atoms with Crippen molar-refractivity contribution >= 4 is 16.9 Å². The summed E-state index contributed by atoms with van der Waals surface area (Å²) in [6.45, 7) is -0.603. The van der Waals surface area contributed by atoms with Gasteiger partial charge in [-0.25, -0.2) is 9.97 Å². The van der Waals surface area contributed by atoms with Gasteiger partial charge in [0, 0.05) is 11.6 Å². The lowest BCUT2D eigenvalue weighted by molar-refractivity contribution is -0.103. The van der Waals surface area contributed by atoms with E-state index in [0.29, 0.717) is 17.9 Å². The van der Waals surface area contributed by atoms with Crippen LogP contribution in [-0.2, 0) is 10.7 Å². The number of hydrogen-bond donors (Lipinski definition) is 2.